The molecule has 1 saturated heterocycles. The van der Waals surface area contributed by atoms with Crippen LogP contribution in [-0.4, -0.2) is 40.9 Å². The topological polar surface area (TPSA) is 67.6 Å². The molecule has 1 aliphatic heterocycles. The van der Waals surface area contributed by atoms with E-state index in [-0.39, 0.29) is 6.09 Å². The van der Waals surface area contributed by atoms with E-state index in [1.54, 1.807) is 0 Å². The van der Waals surface area contributed by atoms with Crippen LogP contribution in [0.15, 0.2) is 4.52 Å². The van der Waals surface area contributed by atoms with Gasteiger partial charge in [0.2, 0.25) is 0 Å². The van der Waals surface area contributed by atoms with Crippen LogP contribution in [0.5, 0.6) is 0 Å². The van der Waals surface area contributed by atoms with Gasteiger partial charge in [0.15, 0.2) is 0 Å². The molecule has 2 heterocycles. The molecule has 1 N–H and O–H groups in total. The molecule has 0 unspecified atom stereocenters. The maximum Gasteiger partial charge on any atom is 0.410 e. The van der Waals surface area contributed by atoms with Gasteiger partial charge >= 0.3 is 6.09 Å². The van der Waals surface area contributed by atoms with E-state index in [2.05, 4.69) is 10.5 Å². The van der Waals surface area contributed by atoms with E-state index >= 15 is 0 Å². The predicted molar refractivity (Wildman–Crippen MR) is 95.3 cm³/mol. The summed E-state index contributed by atoms with van der Waals surface area (Å²) in [5, 5.41) is 7.66. The van der Waals surface area contributed by atoms with E-state index in [0.717, 1.165) is 43.9 Å². The summed E-state index contributed by atoms with van der Waals surface area (Å²) < 4.78 is 10.7. The third-order valence-electron chi connectivity index (χ3n) is 5.50. The Bertz CT molecular complexity index is 597. The van der Waals surface area contributed by atoms with Gasteiger partial charge < -0.3 is 19.5 Å². The van der Waals surface area contributed by atoms with Crippen LogP contribution in [0.2, 0.25) is 0 Å². The second-order valence-corrected chi connectivity index (χ2v) is 8.79. The van der Waals surface area contributed by atoms with E-state index in [1.165, 1.54) is 18.4 Å². The molecule has 6 heteroatoms. The minimum absolute atomic E-state index is 0.170. The highest BCUT2D eigenvalue weighted by molar-refractivity contribution is 5.69. The highest BCUT2D eigenvalue weighted by Crippen LogP contribution is 2.44. The maximum atomic E-state index is 12.1. The Morgan fingerprint density at radius 2 is 1.96 bits per heavy atom. The second kappa shape index (κ2) is 6.63. The molecule has 1 aliphatic carbocycles. The van der Waals surface area contributed by atoms with Gasteiger partial charge in [-0.25, -0.2) is 4.79 Å². The van der Waals surface area contributed by atoms with Gasteiger partial charge in [0.25, 0.3) is 0 Å². The Kier molecular flexibility index (Phi) is 4.84. The minimum atomic E-state index is -0.417. The first-order valence-corrected chi connectivity index (χ1v) is 9.31. The number of carbonyl (C=O) groups is 1. The molecular formula is C19H31N3O3. The van der Waals surface area contributed by atoms with Crippen LogP contribution in [-0.2, 0) is 11.3 Å². The molecule has 140 valence electrons. The molecule has 25 heavy (non-hydrogen) atoms. The van der Waals surface area contributed by atoms with Crippen molar-refractivity contribution in [1.82, 2.24) is 15.4 Å². The summed E-state index contributed by atoms with van der Waals surface area (Å²) in [5.74, 6) is 0.907. The Balaban J connectivity index is 1.42. The second-order valence-electron chi connectivity index (χ2n) is 8.79. The lowest BCUT2D eigenvalue weighted by atomic mass is 9.67. The highest BCUT2D eigenvalue weighted by Gasteiger charge is 2.47. The first kappa shape index (κ1) is 18.2. The van der Waals surface area contributed by atoms with Gasteiger partial charge in [-0.2, -0.15) is 0 Å². The number of hydrogen-bond donors (Lipinski definition) is 1. The third kappa shape index (κ3) is 4.17. The quantitative estimate of drug-likeness (QED) is 0.904. The summed E-state index contributed by atoms with van der Waals surface area (Å²) in [5.41, 5.74) is 2.06. The van der Waals surface area contributed by atoms with Crippen LogP contribution in [0.25, 0.3) is 0 Å². The highest BCUT2D eigenvalue weighted by atomic mass is 16.6. The van der Waals surface area contributed by atoms with Crippen molar-refractivity contribution in [2.24, 2.45) is 5.41 Å². The van der Waals surface area contributed by atoms with Crippen molar-refractivity contribution in [3.05, 3.63) is 17.0 Å². The van der Waals surface area contributed by atoms with Crippen LogP contribution in [0.4, 0.5) is 4.79 Å². The normalized spacial score (nSPS) is 20.6. The SMILES string of the molecule is Cc1noc(C)c1CNC1CCC2(CC1)CN(C(=O)OC(C)(C)C)C2. The summed E-state index contributed by atoms with van der Waals surface area (Å²) in [6, 6.07) is 0.537. The number of ether oxygens (including phenoxy) is 1. The molecule has 2 aliphatic rings. The number of aryl methyl sites for hydroxylation is 2. The molecule has 3 rings (SSSR count). The van der Waals surface area contributed by atoms with Crippen molar-refractivity contribution < 1.29 is 14.1 Å². The number of nitrogens with zero attached hydrogens (tertiary/aromatic N) is 2. The van der Waals surface area contributed by atoms with Gasteiger partial charge in [-0.1, -0.05) is 5.16 Å². The molecule has 1 saturated carbocycles. The molecule has 2 fully saturated rings. The molecule has 0 radical (unpaired) electrons. The monoisotopic (exact) mass is 349 g/mol. The number of nitrogens with one attached hydrogen (secondary N) is 1. The number of likely N-dealkylation sites (tertiary alicyclic amines) is 1. The summed E-state index contributed by atoms with van der Waals surface area (Å²) >= 11 is 0. The fraction of sp³-hybridized carbons (Fsp3) is 0.789. The number of amides is 1. The summed E-state index contributed by atoms with van der Waals surface area (Å²) in [6.07, 6.45) is 4.49. The zero-order valence-corrected chi connectivity index (χ0v) is 16.1. The number of hydrogen-bond acceptors (Lipinski definition) is 5. The summed E-state index contributed by atoms with van der Waals surface area (Å²) in [6.45, 7) is 12.2. The van der Waals surface area contributed by atoms with E-state index in [1.807, 2.05) is 39.5 Å². The zero-order chi connectivity index (χ0) is 18.2. The van der Waals surface area contributed by atoms with Crippen LogP contribution < -0.4 is 5.32 Å². The van der Waals surface area contributed by atoms with Crippen LogP contribution in [0, 0.1) is 19.3 Å². The Hall–Kier alpha value is -1.56. The fourth-order valence-corrected chi connectivity index (χ4v) is 3.97. The molecule has 6 nitrogen and oxygen atoms in total. The largest absolute Gasteiger partial charge is 0.444 e. The molecule has 0 atom stereocenters. The third-order valence-corrected chi connectivity index (χ3v) is 5.50. The minimum Gasteiger partial charge on any atom is -0.444 e. The van der Waals surface area contributed by atoms with E-state index in [9.17, 15) is 4.79 Å². The Morgan fingerprint density at radius 3 is 2.48 bits per heavy atom. The lowest BCUT2D eigenvalue weighted by Crippen LogP contribution is -2.61. The first-order chi connectivity index (χ1) is 11.7. The Morgan fingerprint density at radius 1 is 1.32 bits per heavy atom. The lowest BCUT2D eigenvalue weighted by Gasteiger charge is -2.53. The van der Waals surface area contributed by atoms with Crippen molar-refractivity contribution in [3.63, 3.8) is 0 Å². The van der Waals surface area contributed by atoms with E-state index < -0.39 is 5.60 Å². The van der Waals surface area contributed by atoms with Gasteiger partial charge in [-0.05, 0) is 60.3 Å². The van der Waals surface area contributed by atoms with Crippen molar-refractivity contribution >= 4 is 6.09 Å². The van der Waals surface area contributed by atoms with Gasteiger partial charge in [-0.15, -0.1) is 0 Å². The van der Waals surface area contributed by atoms with Crippen molar-refractivity contribution in [2.45, 2.75) is 78.5 Å². The van der Waals surface area contributed by atoms with Gasteiger partial charge in [0.05, 0.1) is 5.69 Å². The molecular weight excluding hydrogens is 318 g/mol. The predicted octanol–water partition coefficient (Wildman–Crippen LogP) is 3.56. The molecule has 0 bridgehead atoms. The fourth-order valence-electron chi connectivity index (χ4n) is 3.97. The van der Waals surface area contributed by atoms with Gasteiger partial charge in [-0.3, -0.25) is 0 Å². The smallest absolute Gasteiger partial charge is 0.410 e. The van der Waals surface area contributed by atoms with Gasteiger partial charge in [0.1, 0.15) is 11.4 Å². The standard InChI is InChI=1S/C19H31N3O3/c1-13-16(14(2)25-21-13)10-20-15-6-8-19(9-7-15)11-22(12-19)17(23)24-18(3,4)5/h15,20H,6-12H2,1-5H3. The number of aromatic nitrogens is 1. The van der Waals surface area contributed by atoms with Crippen molar-refractivity contribution in [2.75, 3.05) is 13.1 Å². The zero-order valence-electron chi connectivity index (χ0n) is 16.1. The Labute approximate surface area is 150 Å². The first-order valence-electron chi connectivity index (χ1n) is 9.31. The van der Waals surface area contributed by atoms with E-state index in [0.29, 0.717) is 11.5 Å². The van der Waals surface area contributed by atoms with Crippen molar-refractivity contribution in [3.8, 4) is 0 Å². The van der Waals surface area contributed by atoms with E-state index in [4.69, 9.17) is 9.26 Å². The number of carbonyl (C=O) groups excluding carboxylic acids is 1. The van der Waals surface area contributed by atoms with Crippen LogP contribution >= 0.6 is 0 Å². The average Bonchev–Trinajstić information content (AvgIpc) is 2.80. The number of rotatable bonds is 3. The van der Waals surface area contributed by atoms with Crippen LogP contribution in [0.3, 0.4) is 0 Å². The lowest BCUT2D eigenvalue weighted by molar-refractivity contribution is -0.0516. The summed E-state index contributed by atoms with van der Waals surface area (Å²) in [4.78, 5) is 14.0. The molecule has 0 aromatic carbocycles. The summed E-state index contributed by atoms with van der Waals surface area (Å²) in [7, 11) is 0. The maximum absolute atomic E-state index is 12.1. The van der Waals surface area contributed by atoms with Crippen LogP contribution in [0.1, 0.15) is 63.5 Å². The molecule has 1 aromatic heterocycles. The molecule has 1 amide bonds. The molecule has 1 spiro atoms. The van der Waals surface area contributed by atoms with Crippen molar-refractivity contribution in [1.29, 1.82) is 0 Å². The average molecular weight is 349 g/mol. The molecule has 1 aromatic rings. The van der Waals surface area contributed by atoms with Gasteiger partial charge in [0, 0.05) is 36.7 Å².